The molecule has 0 atom stereocenters. The van der Waals surface area contributed by atoms with Crippen molar-refractivity contribution < 1.29 is 9.52 Å². The minimum atomic E-state index is -0.720. The SMILES string of the molecule is Cc1ccccc1N=Cc1c(O)n(Cc2ccco2)c(=O)[nH]c1=O. The molecule has 0 spiro atoms. The fourth-order valence-electron chi connectivity index (χ4n) is 2.24. The van der Waals surface area contributed by atoms with Crippen LogP contribution in [0.1, 0.15) is 16.9 Å². The van der Waals surface area contributed by atoms with Crippen molar-refractivity contribution in [2.45, 2.75) is 13.5 Å². The molecule has 7 heteroatoms. The number of aromatic amines is 1. The molecule has 0 amide bonds. The highest BCUT2D eigenvalue weighted by atomic mass is 16.3. The van der Waals surface area contributed by atoms with Gasteiger partial charge in [-0.05, 0) is 30.7 Å². The zero-order chi connectivity index (χ0) is 17.1. The lowest BCUT2D eigenvalue weighted by Gasteiger charge is -2.08. The molecule has 0 aliphatic carbocycles. The van der Waals surface area contributed by atoms with Crippen molar-refractivity contribution in [3.05, 3.63) is 80.4 Å². The summed E-state index contributed by atoms with van der Waals surface area (Å²) in [4.78, 5) is 30.3. The van der Waals surface area contributed by atoms with E-state index in [4.69, 9.17) is 4.42 Å². The molecule has 2 aromatic heterocycles. The lowest BCUT2D eigenvalue weighted by molar-refractivity contribution is 0.392. The fourth-order valence-corrected chi connectivity index (χ4v) is 2.24. The molecule has 7 nitrogen and oxygen atoms in total. The number of rotatable bonds is 4. The van der Waals surface area contributed by atoms with Gasteiger partial charge in [0.15, 0.2) is 0 Å². The molecule has 0 aliphatic rings. The zero-order valence-electron chi connectivity index (χ0n) is 12.9. The molecule has 2 N–H and O–H groups in total. The van der Waals surface area contributed by atoms with Gasteiger partial charge in [0, 0.05) is 6.21 Å². The van der Waals surface area contributed by atoms with Gasteiger partial charge in [0.25, 0.3) is 5.56 Å². The first-order chi connectivity index (χ1) is 11.6. The Bertz CT molecular complexity index is 997. The van der Waals surface area contributed by atoms with E-state index in [0.717, 1.165) is 10.1 Å². The monoisotopic (exact) mass is 325 g/mol. The van der Waals surface area contributed by atoms with Crippen molar-refractivity contribution in [1.82, 2.24) is 9.55 Å². The highest BCUT2D eigenvalue weighted by Gasteiger charge is 2.14. The Morgan fingerprint density at radius 3 is 2.75 bits per heavy atom. The lowest BCUT2D eigenvalue weighted by Crippen LogP contribution is -2.32. The van der Waals surface area contributed by atoms with Gasteiger partial charge in [-0.3, -0.25) is 19.3 Å². The van der Waals surface area contributed by atoms with Crippen LogP contribution in [0.4, 0.5) is 5.69 Å². The first-order valence-electron chi connectivity index (χ1n) is 7.24. The number of aromatic nitrogens is 2. The smallest absolute Gasteiger partial charge is 0.331 e. The Labute approximate surface area is 136 Å². The third kappa shape index (κ3) is 3.05. The van der Waals surface area contributed by atoms with Crippen molar-refractivity contribution in [2.75, 3.05) is 0 Å². The first-order valence-corrected chi connectivity index (χ1v) is 7.24. The van der Waals surface area contributed by atoms with E-state index in [0.29, 0.717) is 11.4 Å². The molecular weight excluding hydrogens is 310 g/mol. The standard InChI is InChI=1S/C17H15N3O4/c1-11-5-2-3-7-14(11)18-9-13-15(21)19-17(23)20(16(13)22)10-12-6-4-8-24-12/h2-9,22H,10H2,1H3,(H,19,21,23). The topological polar surface area (TPSA) is 101 Å². The van der Waals surface area contributed by atoms with Crippen LogP contribution >= 0.6 is 0 Å². The summed E-state index contributed by atoms with van der Waals surface area (Å²) in [6.45, 7) is 1.88. The van der Waals surface area contributed by atoms with E-state index >= 15 is 0 Å². The molecule has 122 valence electrons. The molecule has 0 bridgehead atoms. The van der Waals surface area contributed by atoms with Gasteiger partial charge in [-0.2, -0.15) is 0 Å². The van der Waals surface area contributed by atoms with Gasteiger partial charge in [0.2, 0.25) is 5.88 Å². The molecule has 24 heavy (non-hydrogen) atoms. The van der Waals surface area contributed by atoms with Gasteiger partial charge in [0.05, 0.1) is 18.5 Å². The van der Waals surface area contributed by atoms with E-state index in [-0.39, 0.29) is 12.1 Å². The summed E-state index contributed by atoms with van der Waals surface area (Å²) in [6, 6.07) is 10.7. The summed E-state index contributed by atoms with van der Waals surface area (Å²) in [6.07, 6.45) is 2.71. The molecule has 2 heterocycles. The van der Waals surface area contributed by atoms with Crippen LogP contribution < -0.4 is 11.2 Å². The zero-order valence-corrected chi connectivity index (χ0v) is 12.9. The number of aryl methyl sites for hydroxylation is 1. The fraction of sp³-hybridized carbons (Fsp3) is 0.118. The van der Waals surface area contributed by atoms with E-state index in [9.17, 15) is 14.7 Å². The van der Waals surface area contributed by atoms with E-state index in [1.807, 2.05) is 25.1 Å². The van der Waals surface area contributed by atoms with Gasteiger partial charge >= 0.3 is 5.69 Å². The molecule has 0 saturated heterocycles. The molecule has 0 saturated carbocycles. The van der Waals surface area contributed by atoms with E-state index < -0.39 is 17.1 Å². The molecule has 1 aromatic carbocycles. The Balaban J connectivity index is 2.03. The number of nitrogens with zero attached hydrogens (tertiary/aromatic N) is 2. The Hall–Kier alpha value is -3.35. The van der Waals surface area contributed by atoms with Crippen molar-refractivity contribution in [3.8, 4) is 5.88 Å². The molecule has 0 unspecified atom stereocenters. The Morgan fingerprint density at radius 1 is 1.25 bits per heavy atom. The van der Waals surface area contributed by atoms with Gasteiger partial charge in [-0.15, -0.1) is 0 Å². The molecule has 0 fully saturated rings. The summed E-state index contributed by atoms with van der Waals surface area (Å²) in [5.74, 6) is 0.0127. The van der Waals surface area contributed by atoms with Gasteiger partial charge < -0.3 is 9.52 Å². The Morgan fingerprint density at radius 2 is 2.04 bits per heavy atom. The van der Waals surface area contributed by atoms with Crippen LogP contribution in [-0.2, 0) is 6.54 Å². The van der Waals surface area contributed by atoms with Crippen LogP contribution in [0.25, 0.3) is 0 Å². The van der Waals surface area contributed by atoms with Crippen LogP contribution in [0.15, 0.2) is 61.7 Å². The maximum absolute atomic E-state index is 12.0. The number of hydrogen-bond acceptors (Lipinski definition) is 5. The van der Waals surface area contributed by atoms with Crippen LogP contribution in [0.2, 0.25) is 0 Å². The van der Waals surface area contributed by atoms with Crippen LogP contribution in [0.3, 0.4) is 0 Å². The summed E-state index contributed by atoms with van der Waals surface area (Å²) in [5.41, 5.74) is 0.0746. The first kappa shape index (κ1) is 15.5. The number of H-pyrrole nitrogens is 1. The summed E-state index contributed by atoms with van der Waals surface area (Å²) in [7, 11) is 0. The maximum atomic E-state index is 12.0. The number of nitrogens with one attached hydrogen (secondary N) is 1. The second kappa shape index (κ2) is 6.41. The second-order valence-corrected chi connectivity index (χ2v) is 5.21. The van der Waals surface area contributed by atoms with E-state index in [1.165, 1.54) is 12.5 Å². The largest absolute Gasteiger partial charge is 0.494 e. The van der Waals surface area contributed by atoms with Crippen LogP contribution in [-0.4, -0.2) is 20.9 Å². The third-order valence-electron chi connectivity index (χ3n) is 3.55. The molecule has 3 rings (SSSR count). The third-order valence-corrected chi connectivity index (χ3v) is 3.55. The summed E-state index contributed by atoms with van der Waals surface area (Å²) in [5, 5.41) is 10.3. The van der Waals surface area contributed by atoms with E-state index in [1.54, 1.807) is 18.2 Å². The van der Waals surface area contributed by atoms with Crippen LogP contribution in [0.5, 0.6) is 5.88 Å². The number of hydrogen-bond donors (Lipinski definition) is 2. The molecular formula is C17H15N3O4. The van der Waals surface area contributed by atoms with E-state index in [2.05, 4.69) is 9.98 Å². The molecule has 3 aromatic rings. The maximum Gasteiger partial charge on any atom is 0.331 e. The molecule has 0 radical (unpaired) electrons. The average molecular weight is 325 g/mol. The van der Waals surface area contributed by atoms with Crippen molar-refractivity contribution >= 4 is 11.9 Å². The predicted molar refractivity (Wildman–Crippen MR) is 89.2 cm³/mol. The quantitative estimate of drug-likeness (QED) is 0.716. The van der Waals surface area contributed by atoms with Crippen molar-refractivity contribution in [2.24, 2.45) is 4.99 Å². The van der Waals surface area contributed by atoms with Gasteiger partial charge in [0.1, 0.15) is 11.3 Å². The van der Waals surface area contributed by atoms with Crippen LogP contribution in [0, 0.1) is 6.92 Å². The van der Waals surface area contributed by atoms with Crippen molar-refractivity contribution in [1.29, 1.82) is 0 Å². The highest BCUT2D eigenvalue weighted by Crippen LogP contribution is 2.18. The second-order valence-electron chi connectivity index (χ2n) is 5.21. The number of aliphatic imine (C=N–C) groups is 1. The minimum Gasteiger partial charge on any atom is -0.494 e. The highest BCUT2D eigenvalue weighted by molar-refractivity contribution is 5.84. The predicted octanol–water partition coefficient (Wildman–Crippen LogP) is 1.94. The number of benzene rings is 1. The molecule has 0 aliphatic heterocycles. The average Bonchev–Trinajstić information content (AvgIpc) is 3.06. The summed E-state index contributed by atoms with van der Waals surface area (Å²) >= 11 is 0. The van der Waals surface area contributed by atoms with Gasteiger partial charge in [-0.25, -0.2) is 4.79 Å². The number of para-hydroxylation sites is 1. The Kier molecular flexibility index (Phi) is 4.15. The summed E-state index contributed by atoms with van der Waals surface area (Å²) < 4.78 is 6.18. The number of furan rings is 1. The minimum absolute atomic E-state index is 0.000346. The normalized spacial score (nSPS) is 11.2. The van der Waals surface area contributed by atoms with Gasteiger partial charge in [-0.1, -0.05) is 18.2 Å². The number of aromatic hydroxyl groups is 1. The lowest BCUT2D eigenvalue weighted by atomic mass is 10.2. The van der Waals surface area contributed by atoms with Crippen molar-refractivity contribution in [3.63, 3.8) is 0 Å².